The van der Waals surface area contributed by atoms with Crippen LogP contribution < -0.4 is 15.5 Å². The van der Waals surface area contributed by atoms with Crippen molar-refractivity contribution < 1.29 is 39.2 Å². The summed E-state index contributed by atoms with van der Waals surface area (Å²) in [5.74, 6) is -3.15. The van der Waals surface area contributed by atoms with Crippen molar-refractivity contribution in [3.05, 3.63) is 78.4 Å². The number of anilines is 1. The van der Waals surface area contributed by atoms with Gasteiger partial charge in [-0.25, -0.2) is 4.79 Å². The minimum absolute atomic E-state index is 0.00256. The molecule has 5 N–H and O–H groups in total. The summed E-state index contributed by atoms with van der Waals surface area (Å²) in [4.78, 5) is 54.5. The fraction of sp³-hybridized carbons (Fsp3) is 0.474. The Labute approximate surface area is 288 Å². The molecule has 0 spiro atoms. The number of carboxylic acid groups (broad SMARTS) is 1. The van der Waals surface area contributed by atoms with E-state index in [1.807, 2.05) is 81.4 Å². The maximum absolute atomic E-state index is 14.0. The monoisotopic (exact) mass is 677 g/mol. The Kier molecular flexibility index (Phi) is 15.5. The molecule has 0 aliphatic rings. The number of aliphatic hydroxyl groups excluding tert-OH is 2. The van der Waals surface area contributed by atoms with Gasteiger partial charge in [0.15, 0.2) is 0 Å². The standard InChI is InChI=1S/C38H51N3O8/c1-5-6-18-31(36(45)40-32(22-25(2)3)34(43)23-29(20-21-42)37(46)47)39-35(44)26(4)41(38(48)49-24-27-13-8-7-9-14-27)33-19-12-16-28-15-10-11-17-30(28)33/h7-17,19,25-26,29,31-32,34,42-43H,5-6,18,20-24H2,1-4H3,(H,39,44)(H,40,45)(H,46,47)/t26-,29?,31-,32-,34?/m0/s1. The molecule has 266 valence electrons. The third-order valence-electron chi connectivity index (χ3n) is 8.54. The van der Waals surface area contributed by atoms with Crippen molar-refractivity contribution >= 4 is 40.3 Å². The number of nitrogens with zero attached hydrogens (tertiary/aromatic N) is 1. The molecule has 0 aromatic heterocycles. The van der Waals surface area contributed by atoms with Gasteiger partial charge in [-0.1, -0.05) is 100 Å². The Balaban J connectivity index is 1.87. The largest absolute Gasteiger partial charge is 0.481 e. The van der Waals surface area contributed by atoms with Gasteiger partial charge in [-0.3, -0.25) is 19.3 Å². The molecule has 3 aromatic rings. The third-order valence-corrected chi connectivity index (χ3v) is 8.54. The zero-order valence-electron chi connectivity index (χ0n) is 28.9. The van der Waals surface area contributed by atoms with Gasteiger partial charge in [0, 0.05) is 12.0 Å². The first kappa shape index (κ1) is 39.0. The molecule has 0 heterocycles. The van der Waals surface area contributed by atoms with Crippen LogP contribution >= 0.6 is 0 Å². The van der Waals surface area contributed by atoms with Crippen LogP contribution in [0.1, 0.15) is 71.8 Å². The van der Waals surface area contributed by atoms with Crippen LogP contribution in [0.25, 0.3) is 10.8 Å². The molecule has 0 saturated carbocycles. The number of aliphatic carboxylic acids is 1. The molecule has 11 heteroatoms. The lowest BCUT2D eigenvalue weighted by molar-refractivity contribution is -0.143. The Morgan fingerprint density at radius 1 is 0.837 bits per heavy atom. The molecule has 0 aliphatic carbocycles. The number of hydrogen-bond donors (Lipinski definition) is 5. The minimum Gasteiger partial charge on any atom is -0.481 e. The van der Waals surface area contributed by atoms with Gasteiger partial charge in [0.2, 0.25) is 11.8 Å². The van der Waals surface area contributed by atoms with E-state index in [0.29, 0.717) is 24.9 Å². The van der Waals surface area contributed by atoms with E-state index in [1.165, 1.54) is 4.90 Å². The van der Waals surface area contributed by atoms with Crippen molar-refractivity contribution in [3.63, 3.8) is 0 Å². The number of carboxylic acids is 1. The van der Waals surface area contributed by atoms with Gasteiger partial charge in [-0.05, 0) is 55.5 Å². The summed E-state index contributed by atoms with van der Waals surface area (Å²) < 4.78 is 5.71. The lowest BCUT2D eigenvalue weighted by atomic mass is 9.90. The van der Waals surface area contributed by atoms with Crippen molar-refractivity contribution in [2.75, 3.05) is 11.5 Å². The first-order valence-corrected chi connectivity index (χ1v) is 17.1. The zero-order chi connectivity index (χ0) is 35.9. The second-order valence-electron chi connectivity index (χ2n) is 12.9. The van der Waals surface area contributed by atoms with Crippen LogP contribution in [0.3, 0.4) is 0 Å². The number of rotatable bonds is 19. The van der Waals surface area contributed by atoms with E-state index in [0.717, 1.165) is 22.8 Å². The van der Waals surface area contributed by atoms with Gasteiger partial charge in [0.05, 0.1) is 23.8 Å². The maximum Gasteiger partial charge on any atom is 0.415 e. The molecule has 5 atom stereocenters. The molecule has 11 nitrogen and oxygen atoms in total. The molecule has 3 amide bonds. The molecule has 0 fully saturated rings. The van der Waals surface area contributed by atoms with E-state index < -0.39 is 54.0 Å². The van der Waals surface area contributed by atoms with Crippen LogP contribution in [-0.2, 0) is 25.7 Å². The van der Waals surface area contributed by atoms with E-state index in [1.54, 1.807) is 19.1 Å². The highest BCUT2D eigenvalue weighted by atomic mass is 16.6. The lowest BCUT2D eigenvalue weighted by Crippen LogP contribution is -2.56. The molecule has 0 aliphatic heterocycles. The average Bonchev–Trinajstić information content (AvgIpc) is 3.08. The highest BCUT2D eigenvalue weighted by Gasteiger charge is 2.34. The van der Waals surface area contributed by atoms with Crippen LogP contribution in [0, 0.1) is 11.8 Å². The summed E-state index contributed by atoms with van der Waals surface area (Å²) in [5, 5.41) is 37.2. The molecule has 49 heavy (non-hydrogen) atoms. The maximum atomic E-state index is 14.0. The van der Waals surface area contributed by atoms with Crippen molar-refractivity contribution in [2.24, 2.45) is 11.8 Å². The Morgan fingerprint density at radius 2 is 1.51 bits per heavy atom. The number of carbonyl (C=O) groups excluding carboxylic acids is 3. The highest BCUT2D eigenvalue weighted by molar-refractivity contribution is 6.05. The number of hydrogen-bond acceptors (Lipinski definition) is 7. The second kappa shape index (κ2) is 19.5. The summed E-state index contributed by atoms with van der Waals surface area (Å²) in [6.07, 6.45) is -0.0536. The number of unbranched alkanes of at least 4 members (excludes halogenated alkanes) is 1. The molecule has 3 aromatic carbocycles. The number of amides is 3. The first-order valence-electron chi connectivity index (χ1n) is 17.1. The van der Waals surface area contributed by atoms with Gasteiger partial charge < -0.3 is 30.7 Å². The number of fused-ring (bicyclic) bond motifs is 1. The number of ether oxygens (including phenoxy) is 1. The van der Waals surface area contributed by atoms with Crippen LogP contribution in [-0.4, -0.2) is 70.0 Å². The second-order valence-corrected chi connectivity index (χ2v) is 12.9. The van der Waals surface area contributed by atoms with Gasteiger partial charge in [0.25, 0.3) is 0 Å². The van der Waals surface area contributed by atoms with Crippen molar-refractivity contribution in [3.8, 4) is 0 Å². The number of aliphatic hydroxyl groups is 2. The summed E-state index contributed by atoms with van der Waals surface area (Å²) in [5.41, 5.74) is 1.26. The Bertz CT molecular complexity index is 1510. The topological polar surface area (TPSA) is 166 Å². The molecule has 0 saturated heterocycles. The highest BCUT2D eigenvalue weighted by Crippen LogP contribution is 2.29. The molecule has 3 rings (SSSR count). The normalized spacial score (nSPS) is 14.3. The Hall–Kier alpha value is -4.48. The predicted molar refractivity (Wildman–Crippen MR) is 189 cm³/mol. The summed E-state index contributed by atoms with van der Waals surface area (Å²) in [7, 11) is 0. The van der Waals surface area contributed by atoms with Crippen molar-refractivity contribution in [2.45, 2.75) is 97.1 Å². The predicted octanol–water partition coefficient (Wildman–Crippen LogP) is 5.41. The molecular formula is C38H51N3O8. The van der Waals surface area contributed by atoms with Gasteiger partial charge in [-0.2, -0.15) is 0 Å². The van der Waals surface area contributed by atoms with Crippen LogP contribution in [0.15, 0.2) is 72.8 Å². The lowest BCUT2D eigenvalue weighted by Gasteiger charge is -2.31. The fourth-order valence-electron chi connectivity index (χ4n) is 5.82. The molecule has 2 unspecified atom stereocenters. The number of nitrogens with one attached hydrogen (secondary N) is 2. The average molecular weight is 678 g/mol. The van der Waals surface area contributed by atoms with E-state index in [9.17, 15) is 34.5 Å². The minimum atomic E-state index is -1.19. The van der Waals surface area contributed by atoms with E-state index >= 15 is 0 Å². The number of benzene rings is 3. The van der Waals surface area contributed by atoms with Gasteiger partial charge >= 0.3 is 12.1 Å². The summed E-state index contributed by atoms with van der Waals surface area (Å²) in [6, 6.07) is 19.3. The molecule has 0 radical (unpaired) electrons. The molecular weight excluding hydrogens is 626 g/mol. The van der Waals surface area contributed by atoms with E-state index in [-0.39, 0.29) is 32.0 Å². The summed E-state index contributed by atoms with van der Waals surface area (Å²) in [6.45, 7) is 7.04. The van der Waals surface area contributed by atoms with Crippen molar-refractivity contribution in [1.82, 2.24) is 10.6 Å². The van der Waals surface area contributed by atoms with Gasteiger partial charge in [-0.15, -0.1) is 0 Å². The molecule has 0 bridgehead atoms. The van der Waals surface area contributed by atoms with Crippen LogP contribution in [0.5, 0.6) is 0 Å². The van der Waals surface area contributed by atoms with E-state index in [4.69, 9.17) is 4.74 Å². The third kappa shape index (κ3) is 11.6. The first-order chi connectivity index (χ1) is 23.5. The quantitative estimate of drug-likeness (QED) is 0.112. The van der Waals surface area contributed by atoms with E-state index in [2.05, 4.69) is 10.6 Å². The smallest absolute Gasteiger partial charge is 0.415 e. The zero-order valence-corrected chi connectivity index (χ0v) is 28.9. The van der Waals surface area contributed by atoms with Gasteiger partial charge in [0.1, 0.15) is 18.7 Å². The summed E-state index contributed by atoms with van der Waals surface area (Å²) >= 11 is 0. The van der Waals surface area contributed by atoms with Crippen molar-refractivity contribution in [1.29, 1.82) is 0 Å². The SMILES string of the molecule is CCCC[C@H](NC(=O)[C@H](C)N(C(=O)OCc1ccccc1)c1cccc2ccccc12)C(=O)N[C@@H](CC(C)C)C(O)CC(CCO)C(=O)O. The number of carbonyl (C=O) groups is 4. The Morgan fingerprint density at radius 3 is 2.16 bits per heavy atom. The van der Waals surface area contributed by atoms with Crippen LogP contribution in [0.2, 0.25) is 0 Å². The fourth-order valence-corrected chi connectivity index (χ4v) is 5.82. The van der Waals surface area contributed by atoms with Crippen LogP contribution in [0.4, 0.5) is 10.5 Å².